The van der Waals surface area contributed by atoms with Crippen LogP contribution in [-0.4, -0.2) is 21.0 Å². The minimum Gasteiger partial charge on any atom is -0.399 e. The Kier molecular flexibility index (Phi) is 5.84. The highest BCUT2D eigenvalue weighted by Crippen LogP contribution is 2.25. The van der Waals surface area contributed by atoms with Gasteiger partial charge in [0.25, 0.3) is 0 Å². The first kappa shape index (κ1) is 16.1. The van der Waals surface area contributed by atoms with Crippen LogP contribution in [-0.2, 0) is 11.2 Å². The lowest BCUT2D eigenvalue weighted by molar-refractivity contribution is -0.115. The Morgan fingerprint density at radius 3 is 3.00 bits per heavy atom. The second kappa shape index (κ2) is 7.63. The van der Waals surface area contributed by atoms with Gasteiger partial charge in [-0.25, -0.2) is 4.98 Å². The number of benzene rings is 1. The number of hydrogen-bond acceptors (Lipinski definition) is 6. The summed E-state index contributed by atoms with van der Waals surface area (Å²) in [6.07, 6.45) is 1.21. The predicted molar refractivity (Wildman–Crippen MR) is 89.1 cm³/mol. The number of anilines is 2. The SMILES string of the molecule is CCc1nsc(SCCC(=O)Nc2ccc(N)cc2Cl)n1. The standard InChI is InChI=1S/C13H15ClN4OS2/c1-2-11-17-13(21-18-11)20-6-5-12(19)16-10-4-3-8(15)7-9(10)14/h3-4,7H,2,5-6,15H2,1H3,(H,16,19). The third kappa shape index (κ3) is 4.87. The molecule has 0 aliphatic heterocycles. The first-order valence-corrected chi connectivity index (χ1v) is 8.52. The van der Waals surface area contributed by atoms with Crippen LogP contribution >= 0.6 is 34.9 Å². The van der Waals surface area contributed by atoms with Gasteiger partial charge in [0, 0.05) is 24.3 Å². The van der Waals surface area contributed by atoms with E-state index in [0.29, 0.717) is 28.6 Å². The quantitative estimate of drug-likeness (QED) is 0.620. The molecule has 1 amide bonds. The second-order valence-electron chi connectivity index (χ2n) is 4.22. The van der Waals surface area contributed by atoms with Crippen molar-refractivity contribution >= 4 is 52.2 Å². The number of nitrogens with zero attached hydrogens (tertiary/aromatic N) is 2. The van der Waals surface area contributed by atoms with Gasteiger partial charge in [-0.1, -0.05) is 30.3 Å². The summed E-state index contributed by atoms with van der Waals surface area (Å²) in [7, 11) is 0. The van der Waals surface area contributed by atoms with E-state index in [0.717, 1.165) is 16.6 Å². The molecule has 1 aromatic heterocycles. The second-order valence-corrected chi connectivity index (χ2v) is 6.72. The molecule has 2 rings (SSSR count). The summed E-state index contributed by atoms with van der Waals surface area (Å²) in [5.41, 5.74) is 6.74. The van der Waals surface area contributed by atoms with Crippen molar-refractivity contribution in [2.24, 2.45) is 0 Å². The van der Waals surface area contributed by atoms with Gasteiger partial charge < -0.3 is 11.1 Å². The molecule has 0 saturated carbocycles. The van der Waals surface area contributed by atoms with Gasteiger partial charge in [0.1, 0.15) is 5.82 Å². The fourth-order valence-electron chi connectivity index (χ4n) is 1.52. The van der Waals surface area contributed by atoms with Crippen molar-refractivity contribution in [3.8, 4) is 0 Å². The fourth-order valence-corrected chi connectivity index (χ4v) is 3.46. The Bertz CT molecular complexity index is 632. The van der Waals surface area contributed by atoms with E-state index in [4.69, 9.17) is 17.3 Å². The number of thioether (sulfide) groups is 1. The maximum absolute atomic E-state index is 11.9. The minimum atomic E-state index is -0.0885. The van der Waals surface area contributed by atoms with E-state index < -0.39 is 0 Å². The molecule has 1 aromatic carbocycles. The molecule has 112 valence electrons. The van der Waals surface area contributed by atoms with Gasteiger partial charge in [-0.2, -0.15) is 4.37 Å². The Balaban J connectivity index is 1.79. The summed E-state index contributed by atoms with van der Waals surface area (Å²) >= 11 is 8.91. The molecule has 0 aliphatic rings. The average Bonchev–Trinajstić information content (AvgIpc) is 2.90. The van der Waals surface area contributed by atoms with Crippen molar-refractivity contribution in [3.05, 3.63) is 29.0 Å². The molecule has 0 fully saturated rings. The highest BCUT2D eigenvalue weighted by molar-refractivity contribution is 8.00. The molecular weight excluding hydrogens is 328 g/mol. The van der Waals surface area contributed by atoms with Crippen LogP contribution in [0.1, 0.15) is 19.2 Å². The summed E-state index contributed by atoms with van der Waals surface area (Å²) in [4.78, 5) is 16.2. The molecule has 21 heavy (non-hydrogen) atoms. The van der Waals surface area contributed by atoms with Crippen LogP contribution < -0.4 is 11.1 Å². The van der Waals surface area contributed by atoms with Crippen LogP contribution in [0.4, 0.5) is 11.4 Å². The topological polar surface area (TPSA) is 80.9 Å². The number of halogens is 1. The molecular formula is C13H15ClN4OS2. The van der Waals surface area contributed by atoms with E-state index in [9.17, 15) is 4.79 Å². The van der Waals surface area contributed by atoms with Crippen molar-refractivity contribution in [1.29, 1.82) is 0 Å². The Hall–Kier alpha value is -1.31. The van der Waals surface area contributed by atoms with Crippen molar-refractivity contribution in [3.63, 3.8) is 0 Å². The Labute approximate surface area is 136 Å². The zero-order valence-electron chi connectivity index (χ0n) is 11.4. The van der Waals surface area contributed by atoms with Crippen LogP contribution in [0.25, 0.3) is 0 Å². The molecule has 0 bridgehead atoms. The van der Waals surface area contributed by atoms with Crippen LogP contribution in [0, 0.1) is 0 Å². The number of nitrogens with one attached hydrogen (secondary N) is 1. The molecule has 5 nitrogen and oxygen atoms in total. The average molecular weight is 343 g/mol. The highest BCUT2D eigenvalue weighted by Gasteiger charge is 2.08. The van der Waals surface area contributed by atoms with E-state index in [1.807, 2.05) is 6.92 Å². The van der Waals surface area contributed by atoms with E-state index in [2.05, 4.69) is 14.7 Å². The van der Waals surface area contributed by atoms with E-state index in [1.54, 1.807) is 18.2 Å². The van der Waals surface area contributed by atoms with Crippen molar-refractivity contribution in [2.45, 2.75) is 24.1 Å². The van der Waals surface area contributed by atoms with Gasteiger partial charge >= 0.3 is 0 Å². The van der Waals surface area contributed by atoms with Gasteiger partial charge in [-0.05, 0) is 29.7 Å². The summed E-state index contributed by atoms with van der Waals surface area (Å²) in [6, 6.07) is 5.00. The van der Waals surface area contributed by atoms with Crippen LogP contribution in [0.2, 0.25) is 5.02 Å². The van der Waals surface area contributed by atoms with Crippen molar-refractivity contribution in [2.75, 3.05) is 16.8 Å². The van der Waals surface area contributed by atoms with Crippen LogP contribution in [0.5, 0.6) is 0 Å². The smallest absolute Gasteiger partial charge is 0.225 e. The summed E-state index contributed by atoms with van der Waals surface area (Å²) in [5, 5.41) is 3.21. The zero-order valence-corrected chi connectivity index (χ0v) is 13.8. The number of rotatable bonds is 6. The molecule has 0 spiro atoms. The first-order valence-electron chi connectivity index (χ1n) is 6.38. The lowest BCUT2D eigenvalue weighted by Crippen LogP contribution is -2.12. The molecule has 2 aromatic rings. The number of aromatic nitrogens is 2. The number of amides is 1. The Morgan fingerprint density at radius 1 is 1.52 bits per heavy atom. The van der Waals surface area contributed by atoms with E-state index in [-0.39, 0.29) is 5.91 Å². The van der Waals surface area contributed by atoms with Gasteiger partial charge in [0.05, 0.1) is 10.7 Å². The molecule has 3 N–H and O–H groups in total. The number of nitrogen functional groups attached to an aromatic ring is 1. The normalized spacial score (nSPS) is 10.6. The minimum absolute atomic E-state index is 0.0885. The molecule has 0 saturated heterocycles. The number of carbonyl (C=O) groups excluding carboxylic acids is 1. The number of aryl methyl sites for hydroxylation is 1. The molecule has 0 aliphatic carbocycles. The molecule has 0 atom stereocenters. The molecule has 0 unspecified atom stereocenters. The number of nitrogens with two attached hydrogens (primary N) is 1. The highest BCUT2D eigenvalue weighted by atomic mass is 35.5. The summed E-state index contributed by atoms with van der Waals surface area (Å²) in [5.74, 6) is 1.41. The third-order valence-electron chi connectivity index (χ3n) is 2.59. The lowest BCUT2D eigenvalue weighted by atomic mass is 10.3. The van der Waals surface area contributed by atoms with Crippen LogP contribution in [0.3, 0.4) is 0 Å². The molecule has 1 heterocycles. The lowest BCUT2D eigenvalue weighted by Gasteiger charge is -2.07. The monoisotopic (exact) mass is 342 g/mol. The maximum Gasteiger partial charge on any atom is 0.225 e. The fraction of sp³-hybridized carbons (Fsp3) is 0.308. The van der Waals surface area contributed by atoms with Crippen LogP contribution in [0.15, 0.2) is 22.5 Å². The zero-order chi connectivity index (χ0) is 15.2. The predicted octanol–water partition coefficient (Wildman–Crippen LogP) is 3.46. The van der Waals surface area contributed by atoms with Crippen molar-refractivity contribution in [1.82, 2.24) is 9.36 Å². The summed E-state index contributed by atoms with van der Waals surface area (Å²) < 4.78 is 5.09. The van der Waals surface area contributed by atoms with Crippen molar-refractivity contribution < 1.29 is 4.79 Å². The number of hydrogen-bond donors (Lipinski definition) is 2. The van der Waals surface area contributed by atoms with Gasteiger partial charge in [-0.3, -0.25) is 4.79 Å². The van der Waals surface area contributed by atoms with Gasteiger partial charge in [0.2, 0.25) is 5.91 Å². The van der Waals surface area contributed by atoms with E-state index >= 15 is 0 Å². The molecule has 0 radical (unpaired) electrons. The molecule has 8 heteroatoms. The largest absolute Gasteiger partial charge is 0.399 e. The Morgan fingerprint density at radius 2 is 2.33 bits per heavy atom. The number of carbonyl (C=O) groups is 1. The third-order valence-corrected chi connectivity index (χ3v) is 4.77. The van der Waals surface area contributed by atoms with E-state index in [1.165, 1.54) is 23.3 Å². The van der Waals surface area contributed by atoms with Gasteiger partial charge in [-0.15, -0.1) is 0 Å². The first-order chi connectivity index (χ1) is 10.1. The van der Waals surface area contributed by atoms with Gasteiger partial charge in [0.15, 0.2) is 4.34 Å². The maximum atomic E-state index is 11.9. The summed E-state index contributed by atoms with van der Waals surface area (Å²) in [6.45, 7) is 2.01.